The van der Waals surface area contributed by atoms with E-state index < -0.39 is 0 Å². The highest BCUT2D eigenvalue weighted by Gasteiger charge is 2.23. The van der Waals surface area contributed by atoms with Gasteiger partial charge in [0.05, 0.1) is 11.0 Å². The smallest absolute Gasteiger partial charge is 0.164 e. The molecule has 0 fully saturated rings. The number of fused-ring (bicyclic) bond motifs is 9. The maximum Gasteiger partial charge on any atom is 0.164 e. The van der Waals surface area contributed by atoms with Gasteiger partial charge < -0.3 is 8.98 Å². The fraction of sp³-hybridized carbons (Fsp3) is 0. The maximum absolute atomic E-state index is 6.97. The summed E-state index contributed by atoms with van der Waals surface area (Å²) < 4.78 is 9.38. The van der Waals surface area contributed by atoms with Gasteiger partial charge in [-0.3, -0.25) is 0 Å². The minimum atomic E-state index is 0.585. The van der Waals surface area contributed by atoms with Gasteiger partial charge in [0.15, 0.2) is 17.5 Å². The van der Waals surface area contributed by atoms with Crippen molar-refractivity contribution >= 4 is 65.3 Å². The second kappa shape index (κ2) is 12.8. The van der Waals surface area contributed by atoms with Crippen LogP contribution in [0.4, 0.5) is 0 Å². The second-order valence-electron chi connectivity index (χ2n) is 14.8. The topological polar surface area (TPSA) is 56.7 Å². The monoisotopic (exact) mass is 740 g/mol. The van der Waals surface area contributed by atoms with Crippen LogP contribution in [0.5, 0.6) is 0 Å². The molecule has 0 amide bonds. The molecule has 0 N–H and O–H groups in total. The predicted octanol–water partition coefficient (Wildman–Crippen LogP) is 13.8. The summed E-state index contributed by atoms with van der Waals surface area (Å²) in [7, 11) is 0. The van der Waals surface area contributed by atoms with Crippen molar-refractivity contribution in [3.05, 3.63) is 194 Å². The Morgan fingerprint density at radius 2 is 1.00 bits per heavy atom. The molecule has 9 aromatic carbocycles. The van der Waals surface area contributed by atoms with E-state index in [0.717, 1.165) is 66.5 Å². The molecule has 0 aliphatic rings. The van der Waals surface area contributed by atoms with Crippen molar-refractivity contribution < 1.29 is 4.42 Å². The lowest BCUT2D eigenvalue weighted by molar-refractivity contribution is 0.670. The molecule has 3 heterocycles. The van der Waals surface area contributed by atoms with Crippen LogP contribution in [-0.2, 0) is 0 Å². The lowest BCUT2D eigenvalue weighted by Crippen LogP contribution is -2.00. The van der Waals surface area contributed by atoms with Gasteiger partial charge in [-0.2, -0.15) is 0 Å². The van der Waals surface area contributed by atoms with Gasteiger partial charge in [0.1, 0.15) is 11.2 Å². The summed E-state index contributed by atoms with van der Waals surface area (Å²) in [5, 5.41) is 9.22. The average molecular weight is 741 g/mol. The number of furan rings is 1. The largest absolute Gasteiger partial charge is 0.455 e. The molecule has 0 saturated heterocycles. The Hall–Kier alpha value is -7.89. The molecule has 270 valence electrons. The van der Waals surface area contributed by atoms with Crippen molar-refractivity contribution in [2.24, 2.45) is 0 Å². The fourth-order valence-electron chi connectivity index (χ4n) is 8.75. The highest BCUT2D eigenvalue weighted by Crippen LogP contribution is 2.44. The molecule has 0 aliphatic carbocycles. The molecule has 0 bridgehead atoms. The Morgan fingerprint density at radius 3 is 1.78 bits per heavy atom. The molecule has 0 spiro atoms. The van der Waals surface area contributed by atoms with Crippen LogP contribution in [0.25, 0.3) is 116 Å². The van der Waals surface area contributed by atoms with E-state index in [1.54, 1.807) is 0 Å². The first-order chi connectivity index (χ1) is 28.7. The summed E-state index contributed by atoms with van der Waals surface area (Å²) in [5.74, 6) is 1.82. The first kappa shape index (κ1) is 32.4. The zero-order chi connectivity index (χ0) is 38.2. The number of para-hydroxylation sites is 1. The Labute approximate surface area is 333 Å². The minimum absolute atomic E-state index is 0.585. The molecular formula is C53H32N4O. The van der Waals surface area contributed by atoms with Crippen LogP contribution in [0.2, 0.25) is 0 Å². The van der Waals surface area contributed by atoms with Crippen molar-refractivity contribution in [2.75, 3.05) is 0 Å². The molecule has 0 saturated carbocycles. The second-order valence-corrected chi connectivity index (χ2v) is 14.8. The molecule has 0 atom stereocenters. The predicted molar refractivity (Wildman–Crippen MR) is 238 cm³/mol. The van der Waals surface area contributed by atoms with Crippen LogP contribution < -0.4 is 0 Å². The molecular weight excluding hydrogens is 709 g/mol. The van der Waals surface area contributed by atoms with Gasteiger partial charge in [-0.05, 0) is 63.5 Å². The lowest BCUT2D eigenvalue weighted by Gasteiger charge is -2.13. The van der Waals surface area contributed by atoms with Gasteiger partial charge >= 0.3 is 0 Å². The zero-order valence-corrected chi connectivity index (χ0v) is 31.2. The van der Waals surface area contributed by atoms with Crippen LogP contribution in [0.1, 0.15) is 0 Å². The highest BCUT2D eigenvalue weighted by atomic mass is 16.3. The Morgan fingerprint density at radius 1 is 0.362 bits per heavy atom. The zero-order valence-electron chi connectivity index (χ0n) is 31.2. The third kappa shape index (κ3) is 5.07. The molecule has 0 unspecified atom stereocenters. The van der Waals surface area contributed by atoms with Gasteiger partial charge in [0, 0.05) is 49.5 Å². The third-order valence-corrected chi connectivity index (χ3v) is 11.4. The summed E-state index contributed by atoms with van der Waals surface area (Å²) in [6.45, 7) is 0. The van der Waals surface area contributed by atoms with Crippen LogP contribution >= 0.6 is 0 Å². The van der Waals surface area contributed by atoms with E-state index in [2.05, 4.69) is 126 Å². The normalized spacial score (nSPS) is 11.8. The molecule has 12 aromatic rings. The molecule has 5 nitrogen and oxygen atoms in total. The number of aromatic nitrogens is 4. The number of hydrogen-bond acceptors (Lipinski definition) is 4. The summed E-state index contributed by atoms with van der Waals surface area (Å²) in [4.78, 5) is 15.3. The minimum Gasteiger partial charge on any atom is -0.455 e. The Kier molecular flexibility index (Phi) is 7.16. The average Bonchev–Trinajstić information content (AvgIpc) is 3.85. The van der Waals surface area contributed by atoms with Gasteiger partial charge in [-0.15, -0.1) is 0 Å². The number of hydrogen-bond donors (Lipinski definition) is 0. The van der Waals surface area contributed by atoms with E-state index in [1.807, 2.05) is 72.8 Å². The standard InChI is InChI=1S/C53H32N4O/c1-3-16-35(17-4-1)51-54-52(36-18-5-2-6-19-36)56-53(55-51)42-23-13-25-47-49(42)44-32-39(31-43(50(44)58-47)38-27-26-33-14-7-8-20-37(33)30-38)57-45-24-12-11-22-41(45)48-40-21-10-9-15-34(40)28-29-46(48)57/h1-32H. The SMILES string of the molecule is c1ccc(-c2nc(-c3ccccc3)nc(-c3cccc4oc5c(-c6ccc7ccccc7c6)cc(-n6c7ccccc7c7c8ccccc8ccc76)cc5c34)n2)cc1. The van der Waals surface area contributed by atoms with Crippen molar-refractivity contribution in [3.8, 4) is 51.0 Å². The summed E-state index contributed by atoms with van der Waals surface area (Å²) in [6.07, 6.45) is 0. The van der Waals surface area contributed by atoms with E-state index in [9.17, 15) is 0 Å². The molecule has 12 rings (SSSR count). The van der Waals surface area contributed by atoms with Crippen molar-refractivity contribution in [3.63, 3.8) is 0 Å². The Bertz CT molecular complexity index is 3510. The van der Waals surface area contributed by atoms with Crippen LogP contribution in [0.15, 0.2) is 199 Å². The third-order valence-electron chi connectivity index (χ3n) is 11.4. The highest BCUT2D eigenvalue weighted by molar-refractivity contribution is 6.22. The summed E-state index contributed by atoms with van der Waals surface area (Å²) in [5.41, 5.74) is 9.73. The first-order valence-corrected chi connectivity index (χ1v) is 19.5. The van der Waals surface area contributed by atoms with Crippen LogP contribution in [0, 0.1) is 0 Å². The van der Waals surface area contributed by atoms with Crippen molar-refractivity contribution in [1.82, 2.24) is 19.5 Å². The molecule has 3 aromatic heterocycles. The van der Waals surface area contributed by atoms with Crippen LogP contribution in [-0.4, -0.2) is 19.5 Å². The van der Waals surface area contributed by atoms with E-state index in [-0.39, 0.29) is 0 Å². The lowest BCUT2D eigenvalue weighted by atomic mass is 9.97. The number of rotatable bonds is 5. The van der Waals surface area contributed by atoms with E-state index >= 15 is 0 Å². The van der Waals surface area contributed by atoms with Crippen molar-refractivity contribution in [2.45, 2.75) is 0 Å². The Balaban J connectivity index is 1.19. The van der Waals surface area contributed by atoms with Crippen molar-refractivity contribution in [1.29, 1.82) is 0 Å². The molecule has 58 heavy (non-hydrogen) atoms. The van der Waals surface area contributed by atoms with E-state index in [1.165, 1.54) is 32.3 Å². The quantitative estimate of drug-likeness (QED) is 0.176. The van der Waals surface area contributed by atoms with Gasteiger partial charge in [-0.1, -0.05) is 158 Å². The number of nitrogens with zero attached hydrogens (tertiary/aromatic N) is 4. The van der Waals surface area contributed by atoms with Crippen LogP contribution in [0.3, 0.4) is 0 Å². The fourth-order valence-corrected chi connectivity index (χ4v) is 8.75. The van der Waals surface area contributed by atoms with Gasteiger partial charge in [0.25, 0.3) is 0 Å². The molecule has 0 radical (unpaired) electrons. The van der Waals surface area contributed by atoms with E-state index in [0.29, 0.717) is 17.5 Å². The summed E-state index contributed by atoms with van der Waals surface area (Å²) >= 11 is 0. The number of benzene rings is 9. The molecule has 0 aliphatic heterocycles. The van der Waals surface area contributed by atoms with Gasteiger partial charge in [-0.25, -0.2) is 15.0 Å². The molecule has 5 heteroatoms. The first-order valence-electron chi connectivity index (χ1n) is 19.5. The van der Waals surface area contributed by atoms with E-state index in [4.69, 9.17) is 19.4 Å². The van der Waals surface area contributed by atoms with Gasteiger partial charge in [0.2, 0.25) is 0 Å². The maximum atomic E-state index is 6.97. The summed E-state index contributed by atoms with van der Waals surface area (Å²) in [6, 6.07) is 68.0.